The number of aryl methyl sites for hydroxylation is 1. The molecule has 0 amide bonds. The summed E-state index contributed by atoms with van der Waals surface area (Å²) < 4.78 is 13.2. The highest BCUT2D eigenvalue weighted by Gasteiger charge is 2.20. The highest BCUT2D eigenvalue weighted by Crippen LogP contribution is 2.25. The van der Waals surface area contributed by atoms with Gasteiger partial charge >= 0.3 is 0 Å². The first-order valence-corrected chi connectivity index (χ1v) is 9.12. The van der Waals surface area contributed by atoms with Gasteiger partial charge in [0.2, 0.25) is 0 Å². The van der Waals surface area contributed by atoms with Gasteiger partial charge in [-0.3, -0.25) is 0 Å². The maximum atomic E-state index is 13.2. The van der Waals surface area contributed by atoms with Crippen LogP contribution in [0.4, 0.5) is 15.8 Å². The van der Waals surface area contributed by atoms with Crippen molar-refractivity contribution in [1.82, 2.24) is 4.90 Å². The van der Waals surface area contributed by atoms with E-state index in [4.69, 9.17) is 35.4 Å². The zero-order valence-corrected chi connectivity index (χ0v) is 16.1. The van der Waals surface area contributed by atoms with Crippen LogP contribution >= 0.6 is 35.4 Å². The highest BCUT2D eigenvalue weighted by atomic mass is 35.5. The van der Waals surface area contributed by atoms with Crippen molar-refractivity contribution in [3.63, 3.8) is 0 Å². The molecule has 1 aliphatic heterocycles. The van der Waals surface area contributed by atoms with E-state index in [0.717, 1.165) is 36.9 Å². The minimum Gasteiger partial charge on any atom is -0.368 e. The lowest BCUT2D eigenvalue weighted by atomic mass is 10.1. The van der Waals surface area contributed by atoms with Gasteiger partial charge in [-0.15, -0.1) is 0 Å². The zero-order valence-electron chi connectivity index (χ0n) is 13.7. The molecule has 0 aromatic heterocycles. The Balaban J connectivity index is 1.60. The van der Waals surface area contributed by atoms with Gasteiger partial charge < -0.3 is 15.1 Å². The van der Waals surface area contributed by atoms with Crippen molar-refractivity contribution in [2.75, 3.05) is 36.4 Å². The second-order valence-corrected chi connectivity index (χ2v) is 7.19. The van der Waals surface area contributed by atoms with Crippen molar-refractivity contribution in [2.45, 2.75) is 6.92 Å². The summed E-state index contributed by atoms with van der Waals surface area (Å²) in [5, 5.41) is 4.56. The third kappa shape index (κ3) is 4.35. The summed E-state index contributed by atoms with van der Waals surface area (Å²) in [7, 11) is 0. The summed E-state index contributed by atoms with van der Waals surface area (Å²) in [5.74, 6) is -0.441. The van der Waals surface area contributed by atoms with Crippen molar-refractivity contribution in [3.8, 4) is 0 Å². The molecule has 3 rings (SSSR count). The number of anilines is 2. The number of piperazine rings is 1. The molecule has 3 nitrogen and oxygen atoms in total. The number of hydrogen-bond donors (Lipinski definition) is 1. The Morgan fingerprint density at radius 3 is 2.48 bits per heavy atom. The van der Waals surface area contributed by atoms with Crippen LogP contribution < -0.4 is 10.2 Å². The Kier molecular flexibility index (Phi) is 5.67. The van der Waals surface area contributed by atoms with E-state index in [0.29, 0.717) is 10.8 Å². The zero-order chi connectivity index (χ0) is 18.0. The highest BCUT2D eigenvalue weighted by molar-refractivity contribution is 7.80. The van der Waals surface area contributed by atoms with Crippen LogP contribution in [-0.2, 0) is 0 Å². The predicted octanol–water partition coefficient (Wildman–Crippen LogP) is 4.96. The van der Waals surface area contributed by atoms with Crippen LogP contribution in [0.25, 0.3) is 0 Å². The number of rotatable bonds is 2. The predicted molar refractivity (Wildman–Crippen MR) is 108 cm³/mol. The van der Waals surface area contributed by atoms with E-state index in [1.54, 1.807) is 6.07 Å². The Morgan fingerprint density at radius 1 is 1.08 bits per heavy atom. The van der Waals surface area contributed by atoms with Crippen LogP contribution in [-0.4, -0.2) is 36.2 Å². The SMILES string of the molecule is Cc1ccc(Cl)cc1N1CCN(C(=S)Nc2ccc(F)c(Cl)c2)CC1. The molecule has 132 valence electrons. The van der Waals surface area contributed by atoms with E-state index in [-0.39, 0.29) is 5.02 Å². The average Bonchev–Trinajstić information content (AvgIpc) is 2.60. The van der Waals surface area contributed by atoms with Crippen molar-refractivity contribution >= 4 is 51.9 Å². The van der Waals surface area contributed by atoms with E-state index < -0.39 is 5.82 Å². The van der Waals surface area contributed by atoms with Crippen LogP contribution in [0.2, 0.25) is 10.0 Å². The molecule has 0 bridgehead atoms. The van der Waals surface area contributed by atoms with Gasteiger partial charge in [0.05, 0.1) is 5.02 Å². The fourth-order valence-corrected chi connectivity index (χ4v) is 3.50. The minimum atomic E-state index is -0.441. The molecule has 1 aliphatic rings. The lowest BCUT2D eigenvalue weighted by Crippen LogP contribution is -2.50. The van der Waals surface area contributed by atoms with Gasteiger partial charge in [0.1, 0.15) is 5.82 Å². The molecule has 7 heteroatoms. The largest absolute Gasteiger partial charge is 0.368 e. The lowest BCUT2D eigenvalue weighted by molar-refractivity contribution is 0.390. The van der Waals surface area contributed by atoms with Gasteiger partial charge in [0.25, 0.3) is 0 Å². The first-order valence-electron chi connectivity index (χ1n) is 7.96. The van der Waals surface area contributed by atoms with Crippen LogP contribution in [0.15, 0.2) is 36.4 Å². The van der Waals surface area contributed by atoms with Crippen LogP contribution in [0.1, 0.15) is 5.56 Å². The van der Waals surface area contributed by atoms with E-state index in [9.17, 15) is 4.39 Å². The lowest BCUT2D eigenvalue weighted by Gasteiger charge is -2.38. The fourth-order valence-electron chi connectivity index (χ4n) is 2.85. The van der Waals surface area contributed by atoms with Gasteiger partial charge in [0, 0.05) is 42.6 Å². The second kappa shape index (κ2) is 7.77. The van der Waals surface area contributed by atoms with Crippen molar-refractivity contribution in [1.29, 1.82) is 0 Å². The van der Waals surface area contributed by atoms with Gasteiger partial charge in [-0.2, -0.15) is 0 Å². The Morgan fingerprint density at radius 2 is 1.80 bits per heavy atom. The number of nitrogens with one attached hydrogen (secondary N) is 1. The summed E-state index contributed by atoms with van der Waals surface area (Å²) in [6, 6.07) is 10.4. The smallest absolute Gasteiger partial charge is 0.173 e. The van der Waals surface area contributed by atoms with E-state index in [1.807, 2.05) is 18.2 Å². The van der Waals surface area contributed by atoms with Gasteiger partial charge in [-0.05, 0) is 55.0 Å². The number of benzene rings is 2. The van der Waals surface area contributed by atoms with E-state index >= 15 is 0 Å². The number of hydrogen-bond acceptors (Lipinski definition) is 2. The van der Waals surface area contributed by atoms with Gasteiger partial charge in [-0.1, -0.05) is 29.3 Å². The quantitative estimate of drug-likeness (QED) is 0.721. The molecule has 2 aromatic rings. The third-order valence-corrected chi connectivity index (χ3v) is 5.13. The van der Waals surface area contributed by atoms with Crippen LogP contribution in [0.5, 0.6) is 0 Å². The first kappa shape index (κ1) is 18.2. The molecule has 0 spiro atoms. The number of halogens is 3. The van der Waals surface area contributed by atoms with E-state index in [1.165, 1.54) is 17.7 Å². The third-order valence-electron chi connectivity index (χ3n) is 4.25. The molecule has 0 atom stereocenters. The van der Waals surface area contributed by atoms with Crippen LogP contribution in [0.3, 0.4) is 0 Å². The van der Waals surface area contributed by atoms with Crippen molar-refractivity contribution in [2.24, 2.45) is 0 Å². The Labute approximate surface area is 162 Å². The molecule has 0 radical (unpaired) electrons. The van der Waals surface area contributed by atoms with Crippen molar-refractivity contribution < 1.29 is 4.39 Å². The maximum Gasteiger partial charge on any atom is 0.173 e. The molecule has 0 saturated carbocycles. The van der Waals surface area contributed by atoms with Gasteiger partial charge in [-0.25, -0.2) is 4.39 Å². The molecule has 0 unspecified atom stereocenters. The fraction of sp³-hybridized carbons (Fsp3) is 0.278. The molecule has 2 aromatic carbocycles. The van der Waals surface area contributed by atoms with Gasteiger partial charge in [0.15, 0.2) is 5.11 Å². The maximum absolute atomic E-state index is 13.2. The number of nitrogens with zero attached hydrogens (tertiary/aromatic N) is 2. The first-order chi connectivity index (χ1) is 11.9. The molecule has 1 fully saturated rings. The molecular weight excluding hydrogens is 380 g/mol. The molecular formula is C18H18Cl2FN3S. The standard InChI is InChI=1S/C18H18Cl2FN3S/c1-12-2-3-13(19)10-17(12)23-6-8-24(9-7-23)18(25)22-14-4-5-16(21)15(20)11-14/h2-5,10-11H,6-9H2,1H3,(H,22,25). The monoisotopic (exact) mass is 397 g/mol. The molecule has 1 N–H and O–H groups in total. The molecule has 1 saturated heterocycles. The normalized spacial score (nSPS) is 14.6. The summed E-state index contributed by atoms with van der Waals surface area (Å²) in [6.45, 7) is 5.39. The summed E-state index contributed by atoms with van der Waals surface area (Å²) in [6.07, 6.45) is 0. The summed E-state index contributed by atoms with van der Waals surface area (Å²) in [5.41, 5.74) is 3.06. The van der Waals surface area contributed by atoms with E-state index in [2.05, 4.69) is 22.0 Å². The van der Waals surface area contributed by atoms with Crippen molar-refractivity contribution in [3.05, 3.63) is 57.8 Å². The molecule has 0 aliphatic carbocycles. The average molecular weight is 398 g/mol. The molecule has 1 heterocycles. The second-order valence-electron chi connectivity index (χ2n) is 5.96. The summed E-state index contributed by atoms with van der Waals surface area (Å²) >= 11 is 17.4. The topological polar surface area (TPSA) is 18.5 Å². The minimum absolute atomic E-state index is 0.0778. The Bertz CT molecular complexity index is 792. The van der Waals surface area contributed by atoms with Crippen LogP contribution in [0, 0.1) is 12.7 Å². The number of thiocarbonyl (C=S) groups is 1. The Hall–Kier alpha value is -1.56. The summed E-state index contributed by atoms with van der Waals surface area (Å²) in [4.78, 5) is 4.41. The molecule has 25 heavy (non-hydrogen) atoms.